The third kappa shape index (κ3) is 7.54. The van der Waals surface area contributed by atoms with E-state index in [9.17, 15) is 4.79 Å². The van der Waals surface area contributed by atoms with Crippen LogP contribution in [0.15, 0.2) is 0 Å². The molecule has 0 radical (unpaired) electrons. The smallest absolute Gasteiger partial charge is 0.302 e. The van der Waals surface area contributed by atoms with Crippen molar-refractivity contribution < 1.29 is 14.3 Å². The van der Waals surface area contributed by atoms with Crippen LogP contribution in [-0.4, -0.2) is 24.8 Å². The minimum Gasteiger partial charge on any atom is -0.466 e. The van der Waals surface area contributed by atoms with Gasteiger partial charge in [-0.15, -0.1) is 0 Å². The van der Waals surface area contributed by atoms with Gasteiger partial charge in [-0.1, -0.05) is 0 Å². The maximum absolute atomic E-state index is 10.4. The van der Waals surface area contributed by atoms with Crippen molar-refractivity contribution in [2.45, 2.75) is 46.3 Å². The van der Waals surface area contributed by atoms with Crippen molar-refractivity contribution in [1.29, 1.82) is 0 Å². The molecule has 0 saturated heterocycles. The third-order valence-electron chi connectivity index (χ3n) is 1.33. The fourth-order valence-electron chi connectivity index (χ4n) is 0.901. The molecule has 12 heavy (non-hydrogen) atoms. The number of esters is 1. The molecule has 1 atom stereocenters. The summed E-state index contributed by atoms with van der Waals surface area (Å²) < 4.78 is 10.2. The summed E-state index contributed by atoms with van der Waals surface area (Å²) in [5, 5.41) is 0. The Morgan fingerprint density at radius 1 is 1.33 bits per heavy atom. The molecule has 0 amide bonds. The summed E-state index contributed by atoms with van der Waals surface area (Å²) in [5.74, 6) is -0.230. The Bertz CT molecular complexity index is 132. The van der Waals surface area contributed by atoms with E-state index < -0.39 is 0 Å². The molecule has 0 spiro atoms. The molecule has 0 aliphatic rings. The molecule has 0 saturated carbocycles. The van der Waals surface area contributed by atoms with E-state index in [1.807, 2.05) is 20.8 Å². The lowest BCUT2D eigenvalue weighted by molar-refractivity contribution is -0.141. The van der Waals surface area contributed by atoms with Crippen molar-refractivity contribution in [2.24, 2.45) is 0 Å². The molecule has 0 rings (SSSR count). The molecule has 72 valence electrons. The van der Waals surface area contributed by atoms with E-state index in [4.69, 9.17) is 9.47 Å². The Hall–Kier alpha value is -0.570. The summed E-state index contributed by atoms with van der Waals surface area (Å²) in [6.45, 7) is 7.81. The molecule has 0 aliphatic heterocycles. The van der Waals surface area contributed by atoms with Crippen LogP contribution < -0.4 is 0 Å². The van der Waals surface area contributed by atoms with E-state index >= 15 is 0 Å². The summed E-state index contributed by atoms with van der Waals surface area (Å²) in [5.41, 5.74) is 0. The number of carbonyl (C=O) groups is 1. The molecule has 0 aromatic rings. The van der Waals surface area contributed by atoms with Crippen LogP contribution in [0, 0.1) is 0 Å². The molecule has 1 unspecified atom stereocenters. The van der Waals surface area contributed by atoms with Gasteiger partial charge in [0.25, 0.3) is 0 Å². The Morgan fingerprint density at radius 2 is 1.92 bits per heavy atom. The molecule has 3 heteroatoms. The van der Waals surface area contributed by atoms with Crippen molar-refractivity contribution in [3.8, 4) is 0 Å². The molecule has 0 bridgehead atoms. The van der Waals surface area contributed by atoms with Gasteiger partial charge >= 0.3 is 5.97 Å². The molecular formula is C9H18O3. The Labute approximate surface area is 74.0 Å². The first-order chi connectivity index (χ1) is 5.52. The number of ether oxygens (including phenoxy) is 2. The lowest BCUT2D eigenvalue weighted by Crippen LogP contribution is -2.17. The van der Waals surface area contributed by atoms with Gasteiger partial charge < -0.3 is 9.47 Å². The van der Waals surface area contributed by atoms with Crippen molar-refractivity contribution in [3.63, 3.8) is 0 Å². The molecule has 0 aliphatic carbocycles. The van der Waals surface area contributed by atoms with Crippen LogP contribution in [0.2, 0.25) is 0 Å². The number of rotatable bonds is 5. The monoisotopic (exact) mass is 174 g/mol. The SMILES string of the molecule is CC(=O)OCCC(C)OC(C)C. The molecule has 0 fully saturated rings. The summed E-state index contributed by atoms with van der Waals surface area (Å²) in [7, 11) is 0. The molecular weight excluding hydrogens is 156 g/mol. The van der Waals surface area contributed by atoms with Crippen molar-refractivity contribution >= 4 is 5.97 Å². The van der Waals surface area contributed by atoms with E-state index in [2.05, 4.69) is 0 Å². The quantitative estimate of drug-likeness (QED) is 0.596. The zero-order chi connectivity index (χ0) is 9.56. The van der Waals surface area contributed by atoms with Crippen LogP contribution in [0.4, 0.5) is 0 Å². The second-order valence-corrected chi connectivity index (χ2v) is 3.12. The average molecular weight is 174 g/mol. The maximum Gasteiger partial charge on any atom is 0.302 e. The van der Waals surface area contributed by atoms with E-state index in [0.29, 0.717) is 6.61 Å². The predicted molar refractivity (Wildman–Crippen MR) is 46.9 cm³/mol. The van der Waals surface area contributed by atoms with Gasteiger partial charge in [0.05, 0.1) is 18.8 Å². The summed E-state index contributed by atoms with van der Waals surface area (Å²) >= 11 is 0. The van der Waals surface area contributed by atoms with E-state index in [-0.39, 0.29) is 18.2 Å². The molecule has 0 aromatic heterocycles. The van der Waals surface area contributed by atoms with Crippen LogP contribution in [0.3, 0.4) is 0 Å². The van der Waals surface area contributed by atoms with Gasteiger partial charge in [0.2, 0.25) is 0 Å². The lowest BCUT2D eigenvalue weighted by Gasteiger charge is -2.15. The lowest BCUT2D eigenvalue weighted by atomic mass is 10.3. The number of carbonyl (C=O) groups excluding carboxylic acids is 1. The Balaban J connectivity index is 3.31. The molecule has 0 N–H and O–H groups in total. The van der Waals surface area contributed by atoms with Gasteiger partial charge in [-0.3, -0.25) is 4.79 Å². The highest BCUT2D eigenvalue weighted by atomic mass is 16.5. The largest absolute Gasteiger partial charge is 0.466 e. The number of hydrogen-bond donors (Lipinski definition) is 0. The number of hydrogen-bond acceptors (Lipinski definition) is 3. The Morgan fingerprint density at radius 3 is 2.33 bits per heavy atom. The van der Waals surface area contributed by atoms with Crippen molar-refractivity contribution in [2.75, 3.05) is 6.61 Å². The third-order valence-corrected chi connectivity index (χ3v) is 1.33. The van der Waals surface area contributed by atoms with E-state index in [1.54, 1.807) is 0 Å². The summed E-state index contributed by atoms with van der Waals surface area (Å²) in [4.78, 5) is 10.4. The molecule has 3 nitrogen and oxygen atoms in total. The standard InChI is InChI=1S/C9H18O3/c1-7(2)12-8(3)5-6-11-9(4)10/h7-8H,5-6H2,1-4H3. The van der Waals surface area contributed by atoms with Crippen LogP contribution in [0.5, 0.6) is 0 Å². The second kappa shape index (κ2) is 6.00. The van der Waals surface area contributed by atoms with Crippen LogP contribution in [0.1, 0.15) is 34.1 Å². The van der Waals surface area contributed by atoms with Crippen LogP contribution in [0.25, 0.3) is 0 Å². The van der Waals surface area contributed by atoms with Gasteiger partial charge in [-0.25, -0.2) is 0 Å². The van der Waals surface area contributed by atoms with Crippen LogP contribution in [-0.2, 0) is 14.3 Å². The van der Waals surface area contributed by atoms with Gasteiger partial charge in [-0.2, -0.15) is 0 Å². The van der Waals surface area contributed by atoms with Gasteiger partial charge in [-0.05, 0) is 20.8 Å². The zero-order valence-corrected chi connectivity index (χ0v) is 8.29. The van der Waals surface area contributed by atoms with Crippen molar-refractivity contribution in [1.82, 2.24) is 0 Å². The van der Waals surface area contributed by atoms with Gasteiger partial charge in [0, 0.05) is 13.3 Å². The highest BCUT2D eigenvalue weighted by Gasteiger charge is 2.04. The fourth-order valence-corrected chi connectivity index (χ4v) is 0.901. The first-order valence-electron chi connectivity index (χ1n) is 4.31. The van der Waals surface area contributed by atoms with Gasteiger partial charge in [0.1, 0.15) is 0 Å². The van der Waals surface area contributed by atoms with Crippen LogP contribution >= 0.6 is 0 Å². The predicted octanol–water partition coefficient (Wildman–Crippen LogP) is 1.75. The Kier molecular flexibility index (Phi) is 5.72. The first-order valence-corrected chi connectivity index (χ1v) is 4.31. The second-order valence-electron chi connectivity index (χ2n) is 3.12. The molecule has 0 heterocycles. The normalized spacial score (nSPS) is 13.1. The summed E-state index contributed by atoms with van der Waals surface area (Å²) in [6, 6.07) is 0. The van der Waals surface area contributed by atoms with Gasteiger partial charge in [0.15, 0.2) is 0 Å². The minimum absolute atomic E-state index is 0.157. The topological polar surface area (TPSA) is 35.5 Å². The van der Waals surface area contributed by atoms with Crippen molar-refractivity contribution in [3.05, 3.63) is 0 Å². The maximum atomic E-state index is 10.4. The zero-order valence-electron chi connectivity index (χ0n) is 8.29. The summed E-state index contributed by atoms with van der Waals surface area (Å²) in [6.07, 6.45) is 1.15. The van der Waals surface area contributed by atoms with E-state index in [1.165, 1.54) is 6.92 Å². The highest BCUT2D eigenvalue weighted by Crippen LogP contribution is 2.01. The highest BCUT2D eigenvalue weighted by molar-refractivity contribution is 5.65. The first kappa shape index (κ1) is 11.4. The average Bonchev–Trinajstić information content (AvgIpc) is 1.84. The minimum atomic E-state index is -0.230. The van der Waals surface area contributed by atoms with E-state index in [0.717, 1.165) is 6.42 Å². The molecule has 0 aromatic carbocycles. The fraction of sp³-hybridized carbons (Fsp3) is 0.889.